The maximum atomic E-state index is 13.9. The summed E-state index contributed by atoms with van der Waals surface area (Å²) in [6.07, 6.45) is 6.54. The van der Waals surface area contributed by atoms with E-state index in [-0.39, 0.29) is 44.4 Å². The van der Waals surface area contributed by atoms with E-state index in [2.05, 4.69) is 16.9 Å². The molecule has 3 aromatic carbocycles. The van der Waals surface area contributed by atoms with Gasteiger partial charge in [0.2, 0.25) is 0 Å². The molecular formula is C30H22N2O6S. The Labute approximate surface area is 223 Å². The third kappa shape index (κ3) is 4.33. The highest BCUT2D eigenvalue weighted by atomic mass is 32.2. The number of nitrogens with one attached hydrogen (secondary N) is 2. The number of hydrogen-bond acceptors (Lipinski definition) is 6. The van der Waals surface area contributed by atoms with E-state index >= 15 is 0 Å². The summed E-state index contributed by atoms with van der Waals surface area (Å²) in [6, 6.07) is 15.8. The molecule has 0 radical (unpaired) electrons. The van der Waals surface area contributed by atoms with E-state index in [0.29, 0.717) is 11.3 Å². The first-order chi connectivity index (χ1) is 18.7. The average Bonchev–Trinajstić information content (AvgIpc) is 2.91. The third-order valence-electron chi connectivity index (χ3n) is 6.39. The fourth-order valence-corrected chi connectivity index (χ4v) is 5.52. The molecule has 0 spiro atoms. The molecule has 0 bridgehead atoms. The molecule has 0 saturated carbocycles. The average molecular weight is 539 g/mol. The van der Waals surface area contributed by atoms with E-state index in [1.54, 1.807) is 79.7 Å². The Morgan fingerprint density at radius 3 is 2.31 bits per heavy atom. The SMILES string of the molecule is C=C/C=C(\C=C/C)Nc1cc(S(=O)(=O)O)c2[nH]c(=O)c(C(=O)c3ccccc3)c3c2c1C(=O)c1ccccc1-3. The van der Waals surface area contributed by atoms with Crippen LogP contribution in [0.2, 0.25) is 0 Å². The number of H-pyrrole nitrogens is 1. The molecule has 0 amide bonds. The van der Waals surface area contributed by atoms with Crippen LogP contribution in [-0.4, -0.2) is 29.5 Å². The topological polar surface area (TPSA) is 133 Å². The number of aromatic amines is 1. The van der Waals surface area contributed by atoms with Crippen LogP contribution in [0.3, 0.4) is 0 Å². The quantitative estimate of drug-likeness (QED) is 0.146. The van der Waals surface area contributed by atoms with Crippen LogP contribution in [0.25, 0.3) is 22.0 Å². The van der Waals surface area contributed by atoms with Gasteiger partial charge in [-0.25, -0.2) is 0 Å². The first kappa shape index (κ1) is 25.8. The summed E-state index contributed by atoms with van der Waals surface area (Å²) in [5.74, 6) is -1.05. The van der Waals surface area contributed by atoms with Crippen molar-refractivity contribution < 1.29 is 22.6 Å². The first-order valence-corrected chi connectivity index (χ1v) is 13.3. The summed E-state index contributed by atoms with van der Waals surface area (Å²) >= 11 is 0. The molecule has 0 atom stereocenters. The second-order valence-corrected chi connectivity index (χ2v) is 10.2. The largest absolute Gasteiger partial charge is 0.355 e. The van der Waals surface area contributed by atoms with Crippen LogP contribution in [0, 0.1) is 0 Å². The smallest absolute Gasteiger partial charge is 0.296 e. The predicted molar refractivity (Wildman–Crippen MR) is 150 cm³/mol. The van der Waals surface area contributed by atoms with Gasteiger partial charge in [-0.2, -0.15) is 8.42 Å². The Hall–Kier alpha value is -4.86. The van der Waals surface area contributed by atoms with Gasteiger partial charge >= 0.3 is 0 Å². The van der Waals surface area contributed by atoms with Crippen molar-refractivity contribution in [3.05, 3.63) is 130 Å². The molecule has 8 nitrogen and oxygen atoms in total. The number of benzene rings is 3. The first-order valence-electron chi connectivity index (χ1n) is 11.9. The molecule has 194 valence electrons. The van der Waals surface area contributed by atoms with Gasteiger partial charge in [0.15, 0.2) is 11.6 Å². The van der Waals surface area contributed by atoms with E-state index < -0.39 is 32.1 Å². The maximum Gasteiger partial charge on any atom is 0.296 e. The highest BCUT2D eigenvalue weighted by Gasteiger charge is 2.35. The molecule has 1 aromatic heterocycles. The number of carbonyl (C=O) groups excluding carboxylic acids is 2. The minimum absolute atomic E-state index is 0.0358. The van der Waals surface area contributed by atoms with Gasteiger partial charge in [-0.3, -0.25) is 18.9 Å². The van der Waals surface area contributed by atoms with Crippen LogP contribution in [0.15, 0.2) is 107 Å². The second kappa shape index (κ2) is 9.79. The van der Waals surface area contributed by atoms with Crippen molar-refractivity contribution >= 4 is 38.3 Å². The molecule has 1 aliphatic rings. The van der Waals surface area contributed by atoms with Crippen molar-refractivity contribution in [3.8, 4) is 11.1 Å². The number of pyridine rings is 1. The summed E-state index contributed by atoms with van der Waals surface area (Å²) < 4.78 is 35.3. The standard InChI is InChI=1S/C30H22N2O6S/c1-3-10-18(11-4-2)31-21-16-22(39(36,37)38)27-25-23(19-14-8-9-15-20(19)29(34)24(21)25)26(30(35)32-27)28(33)17-12-6-5-7-13-17/h3-16,31H,1H2,2H3,(H,32,35)(H,36,37,38)/b11-4-,18-10+. The van der Waals surface area contributed by atoms with Gasteiger partial charge in [0.25, 0.3) is 15.7 Å². The fourth-order valence-electron chi connectivity index (χ4n) is 4.84. The van der Waals surface area contributed by atoms with Crippen LogP contribution in [0.4, 0.5) is 5.69 Å². The lowest BCUT2D eigenvalue weighted by molar-refractivity contribution is 0.102. The number of hydrogen-bond donors (Lipinski definition) is 3. The summed E-state index contributed by atoms with van der Waals surface area (Å²) in [6.45, 7) is 5.46. The van der Waals surface area contributed by atoms with Crippen LogP contribution in [0.1, 0.15) is 38.8 Å². The van der Waals surface area contributed by atoms with Gasteiger partial charge in [0.05, 0.1) is 22.3 Å². The number of rotatable bonds is 7. The van der Waals surface area contributed by atoms with E-state index in [4.69, 9.17) is 0 Å². The van der Waals surface area contributed by atoms with Crippen LogP contribution in [-0.2, 0) is 10.1 Å². The Kier molecular flexibility index (Phi) is 6.47. The van der Waals surface area contributed by atoms with Crippen molar-refractivity contribution in [1.82, 2.24) is 4.98 Å². The Balaban J connectivity index is 2.01. The van der Waals surface area contributed by atoms with Gasteiger partial charge in [0.1, 0.15) is 4.90 Å². The molecule has 39 heavy (non-hydrogen) atoms. The minimum atomic E-state index is -4.89. The zero-order valence-electron chi connectivity index (χ0n) is 20.7. The Morgan fingerprint density at radius 2 is 1.67 bits per heavy atom. The van der Waals surface area contributed by atoms with E-state index in [0.717, 1.165) is 6.07 Å². The highest BCUT2D eigenvalue weighted by Crippen LogP contribution is 2.45. The number of fused-ring (bicyclic) bond motifs is 2. The second-order valence-electron chi connectivity index (χ2n) is 8.78. The lowest BCUT2D eigenvalue weighted by Gasteiger charge is -2.25. The van der Waals surface area contributed by atoms with Crippen molar-refractivity contribution in [1.29, 1.82) is 0 Å². The van der Waals surface area contributed by atoms with E-state index in [9.17, 15) is 27.4 Å². The zero-order valence-corrected chi connectivity index (χ0v) is 21.5. The molecule has 0 saturated heterocycles. The number of aromatic nitrogens is 1. The fraction of sp³-hybridized carbons (Fsp3) is 0.0333. The predicted octanol–water partition coefficient (Wildman–Crippen LogP) is 5.28. The summed E-state index contributed by atoms with van der Waals surface area (Å²) in [5.41, 5.74) is 0.104. The van der Waals surface area contributed by atoms with Gasteiger partial charge in [0, 0.05) is 27.8 Å². The molecule has 9 heteroatoms. The summed E-state index contributed by atoms with van der Waals surface area (Å²) in [7, 11) is -4.89. The molecule has 0 aliphatic heterocycles. The van der Waals surface area contributed by atoms with Crippen molar-refractivity contribution in [2.45, 2.75) is 11.8 Å². The normalized spacial score (nSPS) is 13.0. The molecule has 1 heterocycles. The molecule has 5 rings (SSSR count). The summed E-state index contributed by atoms with van der Waals surface area (Å²) in [4.78, 5) is 43.0. The van der Waals surface area contributed by atoms with Gasteiger partial charge in [-0.05, 0) is 30.7 Å². The Morgan fingerprint density at radius 1 is 1.00 bits per heavy atom. The lowest BCUT2D eigenvalue weighted by Crippen LogP contribution is -2.25. The van der Waals surface area contributed by atoms with Crippen molar-refractivity contribution in [2.75, 3.05) is 5.32 Å². The minimum Gasteiger partial charge on any atom is -0.355 e. The monoisotopic (exact) mass is 538 g/mol. The van der Waals surface area contributed by atoms with Crippen LogP contribution < -0.4 is 10.9 Å². The lowest BCUT2D eigenvalue weighted by atomic mass is 9.80. The number of anilines is 1. The Bertz CT molecular complexity index is 1930. The van der Waals surface area contributed by atoms with Crippen LogP contribution in [0.5, 0.6) is 0 Å². The molecule has 0 unspecified atom stereocenters. The maximum absolute atomic E-state index is 13.9. The molecule has 1 aliphatic carbocycles. The van der Waals surface area contributed by atoms with E-state index in [1.807, 2.05) is 0 Å². The van der Waals surface area contributed by atoms with E-state index in [1.165, 1.54) is 6.08 Å². The molecule has 3 N–H and O–H groups in total. The summed E-state index contributed by atoms with van der Waals surface area (Å²) in [5, 5.41) is 3.09. The molecule has 4 aromatic rings. The van der Waals surface area contributed by atoms with Crippen molar-refractivity contribution in [2.24, 2.45) is 0 Å². The van der Waals surface area contributed by atoms with Gasteiger partial charge in [-0.15, -0.1) is 0 Å². The highest BCUT2D eigenvalue weighted by molar-refractivity contribution is 7.86. The zero-order chi connectivity index (χ0) is 27.9. The molecule has 0 fully saturated rings. The van der Waals surface area contributed by atoms with Crippen LogP contribution >= 0.6 is 0 Å². The van der Waals surface area contributed by atoms with Gasteiger partial charge < -0.3 is 10.3 Å². The number of ketones is 2. The number of carbonyl (C=O) groups is 2. The van der Waals surface area contributed by atoms with Crippen molar-refractivity contribution in [3.63, 3.8) is 0 Å². The molecular weight excluding hydrogens is 516 g/mol. The third-order valence-corrected chi connectivity index (χ3v) is 7.27. The number of allylic oxidation sites excluding steroid dienone is 4. The van der Waals surface area contributed by atoms with Gasteiger partial charge in [-0.1, -0.05) is 73.3 Å².